The molecule has 1 saturated heterocycles. The van der Waals surface area contributed by atoms with Gasteiger partial charge in [0.15, 0.2) is 0 Å². The lowest BCUT2D eigenvalue weighted by Crippen LogP contribution is -2.46. The van der Waals surface area contributed by atoms with E-state index in [0.29, 0.717) is 34.2 Å². The Hall–Kier alpha value is -3.53. The number of halogens is 1. The molecule has 10 heteroatoms. The highest BCUT2D eigenvalue weighted by Gasteiger charge is 2.56. The number of piperidine rings is 1. The average molecular weight is 506 g/mol. The first-order valence-corrected chi connectivity index (χ1v) is 11.5. The van der Waals surface area contributed by atoms with E-state index in [1.807, 2.05) is 28.8 Å². The summed E-state index contributed by atoms with van der Waals surface area (Å²) in [5.41, 5.74) is 7.61. The number of rotatable bonds is 4. The van der Waals surface area contributed by atoms with Crippen LogP contribution in [0, 0.1) is 5.92 Å². The van der Waals surface area contributed by atoms with Crippen LogP contribution in [0.25, 0.3) is 21.9 Å². The summed E-state index contributed by atoms with van der Waals surface area (Å²) in [5, 5.41) is 4.50. The standard InChI is InChI=1S/C23H20BrN7O2/c24-17-6-3-7-18(28-17)29-23(33)16-9-12-8-15(12)31(16)19(32)10-30-14-5-2-1-4-13(14)20-21(25)26-11-27-22(20)30/h1-7,11-12,15-16H,8-10H2,(H2,25,26,27)(H,28,29,33)/t12-,15-,16+/m1/s1. The number of hydrogen-bond acceptors (Lipinski definition) is 6. The Morgan fingerprint density at radius 2 is 1.97 bits per heavy atom. The van der Waals surface area contributed by atoms with Gasteiger partial charge in [-0.2, -0.15) is 0 Å². The van der Waals surface area contributed by atoms with E-state index in [-0.39, 0.29) is 24.4 Å². The van der Waals surface area contributed by atoms with Crippen molar-refractivity contribution in [1.82, 2.24) is 24.4 Å². The van der Waals surface area contributed by atoms with E-state index in [4.69, 9.17) is 5.73 Å². The van der Waals surface area contributed by atoms with E-state index in [9.17, 15) is 9.59 Å². The number of nitrogens with one attached hydrogen (secondary N) is 1. The molecule has 3 aromatic heterocycles. The van der Waals surface area contributed by atoms with E-state index < -0.39 is 6.04 Å². The average Bonchev–Trinajstić information content (AvgIpc) is 3.34. The number of carbonyl (C=O) groups excluding carboxylic acids is 2. The largest absolute Gasteiger partial charge is 0.383 e. The summed E-state index contributed by atoms with van der Waals surface area (Å²) in [4.78, 5) is 41.2. The van der Waals surface area contributed by atoms with Crippen molar-refractivity contribution in [3.63, 3.8) is 0 Å². The van der Waals surface area contributed by atoms with Gasteiger partial charge in [-0.25, -0.2) is 15.0 Å². The Morgan fingerprint density at radius 3 is 2.82 bits per heavy atom. The van der Waals surface area contributed by atoms with E-state index in [2.05, 4.69) is 36.2 Å². The van der Waals surface area contributed by atoms with Gasteiger partial charge in [0.25, 0.3) is 0 Å². The molecule has 166 valence electrons. The van der Waals surface area contributed by atoms with Crippen LogP contribution >= 0.6 is 15.9 Å². The molecule has 1 saturated carbocycles. The first kappa shape index (κ1) is 20.1. The van der Waals surface area contributed by atoms with Crippen LogP contribution in [0.5, 0.6) is 0 Å². The van der Waals surface area contributed by atoms with Crippen molar-refractivity contribution >= 4 is 61.3 Å². The zero-order chi connectivity index (χ0) is 22.7. The lowest BCUT2D eigenvalue weighted by Gasteiger charge is -2.27. The smallest absolute Gasteiger partial charge is 0.248 e. The van der Waals surface area contributed by atoms with Crippen LogP contribution in [0.3, 0.4) is 0 Å². The molecule has 33 heavy (non-hydrogen) atoms. The number of pyridine rings is 1. The summed E-state index contributed by atoms with van der Waals surface area (Å²) in [5.74, 6) is 0.884. The number of nitrogens with zero attached hydrogens (tertiary/aromatic N) is 5. The number of hydrogen-bond donors (Lipinski definition) is 2. The molecular weight excluding hydrogens is 486 g/mol. The lowest BCUT2D eigenvalue weighted by atomic mass is 10.1. The van der Waals surface area contributed by atoms with Gasteiger partial charge in [-0.05, 0) is 52.9 Å². The number of amides is 2. The third kappa shape index (κ3) is 3.32. The molecule has 3 atom stereocenters. The van der Waals surface area contributed by atoms with Crippen molar-refractivity contribution in [2.75, 3.05) is 11.1 Å². The molecule has 4 aromatic rings. The molecule has 1 aliphatic heterocycles. The van der Waals surface area contributed by atoms with Crippen LogP contribution in [0.1, 0.15) is 12.8 Å². The van der Waals surface area contributed by atoms with Crippen LogP contribution in [0.15, 0.2) is 53.4 Å². The molecule has 0 radical (unpaired) electrons. The number of anilines is 2. The predicted molar refractivity (Wildman–Crippen MR) is 127 cm³/mol. The summed E-state index contributed by atoms with van der Waals surface area (Å²) < 4.78 is 2.50. The number of likely N-dealkylation sites (tertiary alicyclic amines) is 1. The zero-order valence-corrected chi connectivity index (χ0v) is 19.1. The van der Waals surface area contributed by atoms with Gasteiger partial charge in [0, 0.05) is 11.4 Å². The molecule has 2 amide bonds. The van der Waals surface area contributed by atoms with E-state index in [1.165, 1.54) is 6.33 Å². The maximum atomic E-state index is 13.6. The summed E-state index contributed by atoms with van der Waals surface area (Å²) in [6, 6.07) is 12.6. The normalized spacial score (nSPS) is 21.4. The van der Waals surface area contributed by atoms with Crippen LogP contribution in [-0.4, -0.2) is 48.3 Å². The first-order valence-electron chi connectivity index (χ1n) is 10.7. The van der Waals surface area contributed by atoms with Crippen molar-refractivity contribution in [3.8, 4) is 0 Å². The van der Waals surface area contributed by atoms with Crippen molar-refractivity contribution in [1.29, 1.82) is 0 Å². The van der Waals surface area contributed by atoms with E-state index in [0.717, 1.165) is 22.7 Å². The minimum atomic E-state index is -0.519. The molecule has 2 aliphatic rings. The molecule has 6 rings (SSSR count). The van der Waals surface area contributed by atoms with Crippen molar-refractivity contribution in [3.05, 3.63) is 53.4 Å². The number of nitrogen functional groups attached to an aromatic ring is 1. The highest BCUT2D eigenvalue weighted by Crippen LogP contribution is 2.48. The zero-order valence-electron chi connectivity index (χ0n) is 17.5. The molecule has 4 heterocycles. The fraction of sp³-hybridized carbons (Fsp3) is 0.261. The molecule has 0 spiro atoms. The molecule has 1 aliphatic carbocycles. The monoisotopic (exact) mass is 505 g/mol. The Balaban J connectivity index is 1.31. The molecule has 9 nitrogen and oxygen atoms in total. The Kier molecular flexibility index (Phi) is 4.58. The Labute approximate surface area is 197 Å². The molecule has 0 unspecified atom stereocenters. The summed E-state index contributed by atoms with van der Waals surface area (Å²) in [6.07, 6.45) is 3.01. The first-order chi connectivity index (χ1) is 16.0. The number of fused-ring (bicyclic) bond motifs is 4. The van der Waals surface area contributed by atoms with Crippen LogP contribution < -0.4 is 11.1 Å². The molecule has 2 fully saturated rings. The van der Waals surface area contributed by atoms with E-state index >= 15 is 0 Å². The van der Waals surface area contributed by atoms with Gasteiger partial charge in [0.1, 0.15) is 40.8 Å². The minimum absolute atomic E-state index is 0.0720. The number of benzene rings is 1. The van der Waals surface area contributed by atoms with Crippen molar-refractivity contribution in [2.24, 2.45) is 5.92 Å². The van der Waals surface area contributed by atoms with Crippen molar-refractivity contribution < 1.29 is 9.59 Å². The van der Waals surface area contributed by atoms with Gasteiger partial charge in [-0.15, -0.1) is 0 Å². The second-order valence-corrected chi connectivity index (χ2v) is 9.32. The fourth-order valence-electron chi connectivity index (χ4n) is 5.00. The lowest BCUT2D eigenvalue weighted by molar-refractivity contribution is -0.138. The Morgan fingerprint density at radius 1 is 1.12 bits per heavy atom. The van der Waals surface area contributed by atoms with E-state index in [1.54, 1.807) is 23.1 Å². The van der Waals surface area contributed by atoms with Gasteiger partial charge < -0.3 is 20.5 Å². The maximum absolute atomic E-state index is 13.6. The topological polar surface area (TPSA) is 119 Å². The number of nitrogens with two attached hydrogens (primary N) is 1. The van der Waals surface area contributed by atoms with Crippen LogP contribution in [0.2, 0.25) is 0 Å². The third-order valence-corrected chi connectivity index (χ3v) is 6.97. The summed E-state index contributed by atoms with van der Waals surface area (Å²) in [6.45, 7) is 0.0720. The highest BCUT2D eigenvalue weighted by atomic mass is 79.9. The van der Waals surface area contributed by atoms with Crippen LogP contribution in [0.4, 0.5) is 11.6 Å². The van der Waals surface area contributed by atoms with Crippen LogP contribution in [-0.2, 0) is 16.1 Å². The van der Waals surface area contributed by atoms with Gasteiger partial charge in [-0.3, -0.25) is 9.59 Å². The number of para-hydroxylation sites is 1. The molecule has 0 bridgehead atoms. The second kappa shape index (κ2) is 7.51. The molecule has 1 aromatic carbocycles. The quantitative estimate of drug-likeness (QED) is 0.411. The summed E-state index contributed by atoms with van der Waals surface area (Å²) in [7, 11) is 0. The molecule has 3 N–H and O–H groups in total. The summed E-state index contributed by atoms with van der Waals surface area (Å²) >= 11 is 3.32. The predicted octanol–water partition coefficient (Wildman–Crippen LogP) is 2.95. The third-order valence-electron chi connectivity index (χ3n) is 6.53. The van der Waals surface area contributed by atoms with Gasteiger partial charge in [0.05, 0.1) is 10.9 Å². The highest BCUT2D eigenvalue weighted by molar-refractivity contribution is 9.10. The maximum Gasteiger partial charge on any atom is 0.248 e. The number of carbonyl (C=O) groups is 2. The van der Waals surface area contributed by atoms with Gasteiger partial charge in [0.2, 0.25) is 11.8 Å². The SMILES string of the molecule is Nc1ncnc2c1c1ccccc1n2CC(=O)N1[C@@H]2C[C@@H]2C[C@H]1C(=O)Nc1cccc(Br)n1. The number of aromatic nitrogens is 4. The Bertz CT molecular complexity index is 1440. The van der Waals surface area contributed by atoms with Gasteiger partial charge >= 0.3 is 0 Å². The minimum Gasteiger partial charge on any atom is -0.383 e. The molecular formula is C23H20BrN7O2. The fourth-order valence-corrected chi connectivity index (χ4v) is 5.34. The van der Waals surface area contributed by atoms with Gasteiger partial charge in [-0.1, -0.05) is 24.3 Å². The second-order valence-electron chi connectivity index (χ2n) is 8.51. The van der Waals surface area contributed by atoms with Crippen molar-refractivity contribution in [2.45, 2.75) is 31.5 Å².